The molecule has 0 aliphatic carbocycles. The van der Waals surface area contributed by atoms with Gasteiger partial charge in [-0.3, -0.25) is 4.90 Å². The van der Waals surface area contributed by atoms with E-state index >= 15 is 0 Å². The molecule has 0 aromatic heterocycles. The van der Waals surface area contributed by atoms with Crippen LogP contribution < -0.4 is 0 Å². The maximum atomic E-state index is 12.9. The highest BCUT2D eigenvalue weighted by Gasteiger charge is 2.29. The van der Waals surface area contributed by atoms with E-state index in [1.165, 1.54) is 4.90 Å². The first-order valence-corrected chi connectivity index (χ1v) is 11.1. The van der Waals surface area contributed by atoms with E-state index in [-0.39, 0.29) is 10.3 Å². The monoisotopic (exact) mass is 465 g/mol. The van der Waals surface area contributed by atoms with E-state index in [1.54, 1.807) is 0 Å². The zero-order valence-corrected chi connectivity index (χ0v) is 18.7. The van der Waals surface area contributed by atoms with E-state index in [2.05, 4.69) is 14.8 Å². The summed E-state index contributed by atoms with van der Waals surface area (Å²) < 4.78 is 10.8. The number of aliphatic imine (C=N–C) groups is 2. The summed E-state index contributed by atoms with van der Waals surface area (Å²) in [6.45, 7) is 5.74. The molecular formula is C21H25Cl2N5O3. The van der Waals surface area contributed by atoms with Crippen LogP contribution in [0.3, 0.4) is 0 Å². The molecule has 10 heteroatoms. The summed E-state index contributed by atoms with van der Waals surface area (Å²) in [6.07, 6.45) is 0.601. The summed E-state index contributed by atoms with van der Waals surface area (Å²) in [7, 11) is 0. The number of morpholine rings is 2. The van der Waals surface area contributed by atoms with Crippen LogP contribution in [0.25, 0.3) is 0 Å². The number of amides is 2. The molecule has 1 aromatic rings. The van der Waals surface area contributed by atoms with Crippen molar-refractivity contribution >= 4 is 40.9 Å². The second-order valence-electron chi connectivity index (χ2n) is 7.30. The first-order chi connectivity index (χ1) is 15.1. The Morgan fingerprint density at radius 3 is 2.19 bits per heavy atom. The van der Waals surface area contributed by atoms with Crippen LogP contribution in [0.5, 0.6) is 0 Å². The van der Waals surface area contributed by atoms with Gasteiger partial charge in [0.15, 0.2) is 5.82 Å². The highest BCUT2D eigenvalue weighted by molar-refractivity contribution is 6.56. The van der Waals surface area contributed by atoms with Crippen LogP contribution in [0, 0.1) is 0 Å². The molecule has 0 N–H and O–H groups in total. The molecule has 0 spiro atoms. The van der Waals surface area contributed by atoms with Crippen molar-refractivity contribution in [3.8, 4) is 0 Å². The van der Waals surface area contributed by atoms with Crippen molar-refractivity contribution < 1.29 is 14.3 Å². The Morgan fingerprint density at radius 1 is 0.935 bits per heavy atom. The molecule has 1 aromatic carbocycles. The zero-order chi connectivity index (χ0) is 21.6. The van der Waals surface area contributed by atoms with Crippen LogP contribution in [-0.2, 0) is 9.47 Å². The Morgan fingerprint density at radius 2 is 1.58 bits per heavy atom. The number of nitrogens with zero attached hydrogens (tertiary/aromatic N) is 5. The Kier molecular flexibility index (Phi) is 7.45. The summed E-state index contributed by atoms with van der Waals surface area (Å²) in [5.74, 6) is 1.69. The van der Waals surface area contributed by atoms with Gasteiger partial charge in [-0.15, -0.1) is 0 Å². The molecule has 3 aliphatic heterocycles. The normalized spacial score (nSPS) is 20.6. The quantitative estimate of drug-likeness (QED) is 0.506. The molecule has 4 rings (SSSR count). The van der Waals surface area contributed by atoms with Crippen LogP contribution in [-0.4, -0.2) is 91.6 Å². The second-order valence-corrected chi connectivity index (χ2v) is 8.25. The number of hydrogen-bond acceptors (Lipinski definition) is 5. The van der Waals surface area contributed by atoms with Gasteiger partial charge in [-0.2, -0.15) is 4.99 Å². The molecule has 31 heavy (non-hydrogen) atoms. The lowest BCUT2D eigenvalue weighted by Crippen LogP contribution is -2.46. The molecular weight excluding hydrogens is 441 g/mol. The number of rotatable bonds is 3. The molecule has 0 atom stereocenters. The Hall–Kier alpha value is -2.13. The molecule has 2 fully saturated rings. The third-order valence-electron chi connectivity index (χ3n) is 5.37. The van der Waals surface area contributed by atoms with Crippen molar-refractivity contribution in [2.75, 3.05) is 59.2 Å². The molecule has 0 radical (unpaired) electrons. The molecule has 0 bridgehead atoms. The van der Waals surface area contributed by atoms with Crippen LogP contribution in [0.15, 0.2) is 50.6 Å². The smallest absolute Gasteiger partial charge is 0.350 e. The van der Waals surface area contributed by atoms with E-state index in [9.17, 15) is 4.79 Å². The Bertz CT molecular complexity index is 874. The standard InChI is InChI=1S/C21H25Cl2N5O3/c22-18(23)20(28-7-6-17(24-21(28)29)26-8-12-30-13-9-26)25-19(16-4-2-1-3-5-16)27-10-14-31-15-11-27/h1-5H,6-15H2. The molecule has 2 amide bonds. The lowest BCUT2D eigenvalue weighted by molar-refractivity contribution is 0.0665. The lowest BCUT2D eigenvalue weighted by atomic mass is 10.2. The van der Waals surface area contributed by atoms with Gasteiger partial charge in [0, 0.05) is 44.7 Å². The number of benzene rings is 1. The number of carbonyl (C=O) groups excluding carboxylic acids is 1. The van der Waals surface area contributed by atoms with Gasteiger partial charge in [0.2, 0.25) is 0 Å². The summed E-state index contributed by atoms with van der Waals surface area (Å²) >= 11 is 12.4. The molecule has 8 nitrogen and oxygen atoms in total. The summed E-state index contributed by atoms with van der Waals surface area (Å²) in [4.78, 5) is 27.7. The predicted molar refractivity (Wildman–Crippen MR) is 121 cm³/mol. The van der Waals surface area contributed by atoms with Crippen LogP contribution in [0.1, 0.15) is 12.0 Å². The van der Waals surface area contributed by atoms with Gasteiger partial charge >= 0.3 is 6.03 Å². The molecule has 3 aliphatic rings. The fourth-order valence-corrected chi connectivity index (χ4v) is 4.05. The topological polar surface area (TPSA) is 70.0 Å². The second kappa shape index (κ2) is 10.5. The number of urea groups is 1. The minimum Gasteiger partial charge on any atom is -0.378 e. The number of halogens is 2. The summed E-state index contributed by atoms with van der Waals surface area (Å²) in [5, 5.41) is 0. The number of hydrogen-bond donors (Lipinski definition) is 0. The summed E-state index contributed by atoms with van der Waals surface area (Å²) in [5.41, 5.74) is 0.915. The number of ether oxygens (including phenoxy) is 2. The van der Waals surface area contributed by atoms with E-state index in [0.29, 0.717) is 58.3 Å². The van der Waals surface area contributed by atoms with Crippen molar-refractivity contribution in [3.63, 3.8) is 0 Å². The van der Waals surface area contributed by atoms with Crippen molar-refractivity contribution in [1.82, 2.24) is 14.7 Å². The average Bonchev–Trinajstić information content (AvgIpc) is 2.82. The first-order valence-electron chi connectivity index (χ1n) is 10.4. The third kappa shape index (κ3) is 5.38. The number of amidine groups is 2. The van der Waals surface area contributed by atoms with Crippen molar-refractivity contribution in [1.29, 1.82) is 0 Å². The van der Waals surface area contributed by atoms with E-state index in [0.717, 1.165) is 24.5 Å². The van der Waals surface area contributed by atoms with Gasteiger partial charge in [0.05, 0.1) is 26.4 Å². The minimum atomic E-state index is -0.417. The molecule has 0 saturated carbocycles. The lowest BCUT2D eigenvalue weighted by Gasteiger charge is -2.34. The van der Waals surface area contributed by atoms with Crippen LogP contribution in [0.4, 0.5) is 4.79 Å². The van der Waals surface area contributed by atoms with Gasteiger partial charge in [-0.25, -0.2) is 9.79 Å². The van der Waals surface area contributed by atoms with E-state index in [4.69, 9.17) is 37.7 Å². The fourth-order valence-electron chi connectivity index (χ4n) is 3.77. The molecule has 2 saturated heterocycles. The van der Waals surface area contributed by atoms with Gasteiger partial charge < -0.3 is 19.3 Å². The summed E-state index contributed by atoms with van der Waals surface area (Å²) in [6, 6.07) is 9.37. The van der Waals surface area contributed by atoms with Crippen LogP contribution >= 0.6 is 23.2 Å². The van der Waals surface area contributed by atoms with Crippen molar-refractivity contribution in [2.24, 2.45) is 9.98 Å². The highest BCUT2D eigenvalue weighted by atomic mass is 35.5. The fraction of sp³-hybridized carbons (Fsp3) is 0.476. The van der Waals surface area contributed by atoms with Crippen molar-refractivity contribution in [3.05, 3.63) is 46.2 Å². The Labute approximate surface area is 191 Å². The first kappa shape index (κ1) is 22.1. The average molecular weight is 466 g/mol. The van der Waals surface area contributed by atoms with Crippen molar-refractivity contribution in [2.45, 2.75) is 6.42 Å². The molecule has 166 valence electrons. The third-order valence-corrected chi connectivity index (χ3v) is 5.71. The molecule has 3 heterocycles. The molecule has 0 unspecified atom stereocenters. The number of carbonyl (C=O) groups is 1. The van der Waals surface area contributed by atoms with E-state index < -0.39 is 6.03 Å². The predicted octanol–water partition coefficient (Wildman–Crippen LogP) is 2.93. The van der Waals surface area contributed by atoms with E-state index in [1.807, 2.05) is 30.3 Å². The minimum absolute atomic E-state index is 0.0694. The van der Waals surface area contributed by atoms with Crippen LogP contribution in [0.2, 0.25) is 0 Å². The Balaban J connectivity index is 1.63. The SMILES string of the molecule is O=C1N=C(N2CCOCC2)CCN1C(N=C(c1ccccc1)N1CCOCC1)=C(Cl)Cl. The van der Waals surface area contributed by atoms with Gasteiger partial charge in [-0.1, -0.05) is 53.5 Å². The maximum Gasteiger partial charge on any atom is 0.350 e. The van der Waals surface area contributed by atoms with Gasteiger partial charge in [0.1, 0.15) is 16.2 Å². The maximum absolute atomic E-state index is 12.9. The highest BCUT2D eigenvalue weighted by Crippen LogP contribution is 2.25. The zero-order valence-electron chi connectivity index (χ0n) is 17.2. The largest absolute Gasteiger partial charge is 0.378 e. The van der Waals surface area contributed by atoms with Gasteiger partial charge in [0.25, 0.3) is 0 Å². The van der Waals surface area contributed by atoms with Gasteiger partial charge in [-0.05, 0) is 0 Å².